The highest BCUT2D eigenvalue weighted by atomic mass is 35.5. The Bertz CT molecular complexity index is 658. The van der Waals surface area contributed by atoms with Crippen molar-refractivity contribution in [1.29, 1.82) is 0 Å². The number of halogens is 1. The van der Waals surface area contributed by atoms with Gasteiger partial charge in [0.05, 0.1) is 12.8 Å². The van der Waals surface area contributed by atoms with Crippen molar-refractivity contribution in [2.24, 2.45) is 0 Å². The first-order chi connectivity index (χ1) is 9.33. The Labute approximate surface area is 116 Å². The molecule has 2 aromatic heterocycles. The molecule has 0 aliphatic rings. The van der Waals surface area contributed by atoms with Crippen molar-refractivity contribution in [1.82, 2.24) is 9.88 Å². The number of fused-ring (bicyclic) bond motifs is 1. The molecule has 0 saturated carbocycles. The number of benzene rings is 1. The van der Waals surface area contributed by atoms with E-state index in [1.807, 2.05) is 24.3 Å². The maximum atomic E-state index is 5.98. The zero-order valence-corrected chi connectivity index (χ0v) is 11.2. The summed E-state index contributed by atoms with van der Waals surface area (Å²) in [5.74, 6) is 0.962. The van der Waals surface area contributed by atoms with Gasteiger partial charge in [-0.25, -0.2) is 0 Å². The fourth-order valence-corrected chi connectivity index (χ4v) is 2.37. The van der Waals surface area contributed by atoms with Crippen LogP contribution in [0.3, 0.4) is 0 Å². The van der Waals surface area contributed by atoms with Gasteiger partial charge < -0.3 is 14.3 Å². The van der Waals surface area contributed by atoms with Gasteiger partial charge in [0, 0.05) is 35.2 Å². The van der Waals surface area contributed by atoms with E-state index in [-0.39, 0.29) is 0 Å². The molecule has 1 aromatic carbocycles. The Morgan fingerprint density at radius 3 is 3.00 bits per heavy atom. The van der Waals surface area contributed by atoms with E-state index in [1.165, 1.54) is 10.9 Å². The molecule has 3 rings (SSSR count). The van der Waals surface area contributed by atoms with Crippen molar-refractivity contribution in [2.75, 3.05) is 6.54 Å². The third-order valence-corrected chi connectivity index (χ3v) is 3.38. The fraction of sp³-hybridized carbons (Fsp3) is 0.200. The molecule has 0 saturated heterocycles. The van der Waals surface area contributed by atoms with Gasteiger partial charge in [0.15, 0.2) is 0 Å². The SMILES string of the molecule is Clc1ccc2c(ccn2CCNCc2ccco2)c1. The van der Waals surface area contributed by atoms with Crippen LogP contribution in [0.5, 0.6) is 0 Å². The third-order valence-electron chi connectivity index (χ3n) is 3.14. The van der Waals surface area contributed by atoms with Crippen LogP contribution in [0.1, 0.15) is 5.76 Å². The summed E-state index contributed by atoms with van der Waals surface area (Å²) in [6.45, 7) is 2.58. The van der Waals surface area contributed by atoms with E-state index >= 15 is 0 Å². The molecular formula is C15H15ClN2O. The Balaban J connectivity index is 1.59. The molecule has 0 bridgehead atoms. The molecule has 0 fully saturated rings. The smallest absolute Gasteiger partial charge is 0.117 e. The standard InChI is InChI=1S/C15H15ClN2O/c16-13-3-4-15-12(10-13)5-7-18(15)8-6-17-11-14-2-1-9-19-14/h1-5,7,9-10,17H,6,8,11H2. The predicted molar refractivity (Wildman–Crippen MR) is 77.4 cm³/mol. The molecule has 19 heavy (non-hydrogen) atoms. The summed E-state index contributed by atoms with van der Waals surface area (Å²) in [5.41, 5.74) is 1.21. The summed E-state index contributed by atoms with van der Waals surface area (Å²) in [5, 5.41) is 5.32. The Morgan fingerprint density at radius 1 is 1.21 bits per heavy atom. The van der Waals surface area contributed by atoms with Gasteiger partial charge in [-0.15, -0.1) is 0 Å². The summed E-state index contributed by atoms with van der Waals surface area (Å²) in [7, 11) is 0. The Kier molecular flexibility index (Phi) is 3.58. The van der Waals surface area contributed by atoms with Gasteiger partial charge in [-0.1, -0.05) is 11.6 Å². The summed E-state index contributed by atoms with van der Waals surface area (Å²) >= 11 is 5.98. The lowest BCUT2D eigenvalue weighted by atomic mass is 10.2. The molecule has 0 spiro atoms. The number of rotatable bonds is 5. The molecule has 0 radical (unpaired) electrons. The number of nitrogens with one attached hydrogen (secondary N) is 1. The van der Waals surface area contributed by atoms with Crippen molar-refractivity contribution in [2.45, 2.75) is 13.1 Å². The normalized spacial score (nSPS) is 11.2. The monoisotopic (exact) mass is 274 g/mol. The van der Waals surface area contributed by atoms with Crippen LogP contribution in [0, 0.1) is 0 Å². The van der Waals surface area contributed by atoms with Gasteiger partial charge in [-0.2, -0.15) is 0 Å². The highest BCUT2D eigenvalue weighted by Crippen LogP contribution is 2.20. The maximum absolute atomic E-state index is 5.98. The first kappa shape index (κ1) is 12.3. The molecule has 0 unspecified atom stereocenters. The van der Waals surface area contributed by atoms with E-state index in [0.717, 1.165) is 30.4 Å². The van der Waals surface area contributed by atoms with Crippen LogP contribution in [-0.2, 0) is 13.1 Å². The Morgan fingerprint density at radius 2 is 2.16 bits per heavy atom. The van der Waals surface area contributed by atoms with Crippen LogP contribution in [0.4, 0.5) is 0 Å². The lowest BCUT2D eigenvalue weighted by Crippen LogP contribution is -2.18. The lowest BCUT2D eigenvalue weighted by molar-refractivity contribution is 0.477. The topological polar surface area (TPSA) is 30.1 Å². The largest absolute Gasteiger partial charge is 0.468 e. The number of furan rings is 1. The van der Waals surface area contributed by atoms with Gasteiger partial charge in [-0.05, 0) is 36.4 Å². The molecule has 2 heterocycles. The van der Waals surface area contributed by atoms with E-state index in [9.17, 15) is 0 Å². The van der Waals surface area contributed by atoms with Crippen LogP contribution < -0.4 is 5.32 Å². The third kappa shape index (κ3) is 2.83. The van der Waals surface area contributed by atoms with Gasteiger partial charge in [0.25, 0.3) is 0 Å². The highest BCUT2D eigenvalue weighted by molar-refractivity contribution is 6.31. The minimum absolute atomic E-state index is 0.762. The van der Waals surface area contributed by atoms with Gasteiger partial charge in [0.1, 0.15) is 5.76 Å². The van der Waals surface area contributed by atoms with Crippen LogP contribution in [0.2, 0.25) is 5.02 Å². The average molecular weight is 275 g/mol. The van der Waals surface area contributed by atoms with Gasteiger partial charge >= 0.3 is 0 Å². The van der Waals surface area contributed by atoms with E-state index in [1.54, 1.807) is 6.26 Å². The molecule has 98 valence electrons. The second-order valence-electron chi connectivity index (χ2n) is 4.47. The summed E-state index contributed by atoms with van der Waals surface area (Å²) in [4.78, 5) is 0. The minimum atomic E-state index is 0.762. The Hall–Kier alpha value is -1.71. The van der Waals surface area contributed by atoms with Crippen LogP contribution in [0.25, 0.3) is 10.9 Å². The van der Waals surface area contributed by atoms with Crippen LogP contribution in [-0.4, -0.2) is 11.1 Å². The maximum Gasteiger partial charge on any atom is 0.117 e. The molecule has 0 amide bonds. The first-order valence-electron chi connectivity index (χ1n) is 6.30. The van der Waals surface area contributed by atoms with Crippen LogP contribution >= 0.6 is 11.6 Å². The van der Waals surface area contributed by atoms with E-state index in [4.69, 9.17) is 16.0 Å². The summed E-state index contributed by atoms with van der Waals surface area (Å²) in [6.07, 6.45) is 3.79. The van der Waals surface area contributed by atoms with E-state index < -0.39 is 0 Å². The van der Waals surface area contributed by atoms with Crippen LogP contribution in [0.15, 0.2) is 53.3 Å². The molecule has 0 atom stereocenters. The van der Waals surface area contributed by atoms with Gasteiger partial charge in [-0.3, -0.25) is 0 Å². The minimum Gasteiger partial charge on any atom is -0.468 e. The molecule has 0 aliphatic carbocycles. The van der Waals surface area contributed by atoms with Crippen molar-refractivity contribution >= 4 is 22.5 Å². The number of hydrogen-bond acceptors (Lipinski definition) is 2. The quantitative estimate of drug-likeness (QED) is 0.720. The van der Waals surface area contributed by atoms with Crippen molar-refractivity contribution < 1.29 is 4.42 Å². The summed E-state index contributed by atoms with van der Waals surface area (Å²) < 4.78 is 7.49. The average Bonchev–Trinajstić information content (AvgIpc) is 3.03. The fourth-order valence-electron chi connectivity index (χ4n) is 2.19. The predicted octanol–water partition coefficient (Wildman–Crippen LogP) is 3.68. The second-order valence-corrected chi connectivity index (χ2v) is 4.90. The molecule has 0 aliphatic heterocycles. The van der Waals surface area contributed by atoms with Gasteiger partial charge in [0.2, 0.25) is 0 Å². The molecule has 3 aromatic rings. The number of aromatic nitrogens is 1. The summed E-state index contributed by atoms with van der Waals surface area (Å²) in [6, 6.07) is 11.9. The zero-order chi connectivity index (χ0) is 13.1. The van der Waals surface area contributed by atoms with E-state index in [2.05, 4.69) is 28.2 Å². The molecular weight excluding hydrogens is 260 g/mol. The number of hydrogen-bond donors (Lipinski definition) is 1. The van der Waals surface area contributed by atoms with Crippen molar-refractivity contribution in [3.05, 3.63) is 59.6 Å². The van der Waals surface area contributed by atoms with Crippen molar-refractivity contribution in [3.63, 3.8) is 0 Å². The lowest BCUT2D eigenvalue weighted by Gasteiger charge is -2.06. The molecule has 1 N–H and O–H groups in total. The number of nitrogens with zero attached hydrogens (tertiary/aromatic N) is 1. The molecule has 4 heteroatoms. The second kappa shape index (κ2) is 5.51. The first-order valence-corrected chi connectivity index (χ1v) is 6.68. The van der Waals surface area contributed by atoms with E-state index in [0.29, 0.717) is 0 Å². The molecule has 3 nitrogen and oxygen atoms in total. The highest BCUT2D eigenvalue weighted by Gasteiger charge is 2.01. The van der Waals surface area contributed by atoms with Crippen molar-refractivity contribution in [3.8, 4) is 0 Å². The zero-order valence-electron chi connectivity index (χ0n) is 10.5.